The van der Waals surface area contributed by atoms with Gasteiger partial charge >= 0.3 is 0 Å². The second kappa shape index (κ2) is 7.85. The highest BCUT2D eigenvalue weighted by molar-refractivity contribution is 6.38. The van der Waals surface area contributed by atoms with Crippen molar-refractivity contribution >= 4 is 29.4 Å². The smallest absolute Gasteiger partial charge is 0.0757 e. The van der Waals surface area contributed by atoms with Gasteiger partial charge in [-0.25, -0.2) is 0 Å². The van der Waals surface area contributed by atoms with Gasteiger partial charge in [-0.05, 0) is 31.4 Å². The van der Waals surface area contributed by atoms with E-state index in [1.165, 1.54) is 6.42 Å². The highest BCUT2D eigenvalue weighted by atomic mass is 35.5. The van der Waals surface area contributed by atoms with Crippen LogP contribution in [0.5, 0.6) is 0 Å². The zero-order valence-corrected chi connectivity index (χ0v) is 14.0. The van der Waals surface area contributed by atoms with Crippen LogP contribution in [0.3, 0.4) is 0 Å². The Hall–Kier alpha value is -0.790. The summed E-state index contributed by atoms with van der Waals surface area (Å²) in [6, 6.07) is 5.47. The number of hydrogen-bond donors (Lipinski definition) is 0. The fourth-order valence-corrected chi connectivity index (χ4v) is 2.43. The Morgan fingerprint density at radius 1 is 1.30 bits per heavy atom. The summed E-state index contributed by atoms with van der Waals surface area (Å²) in [4.78, 5) is 4.65. The minimum Gasteiger partial charge on any atom is -0.282 e. The van der Waals surface area contributed by atoms with E-state index in [1.54, 1.807) is 6.21 Å². The molecule has 0 saturated heterocycles. The third-order valence-corrected chi connectivity index (χ3v) is 4.05. The molecule has 20 heavy (non-hydrogen) atoms. The van der Waals surface area contributed by atoms with Gasteiger partial charge in [0.2, 0.25) is 0 Å². The van der Waals surface area contributed by atoms with Crippen molar-refractivity contribution in [2.75, 3.05) is 0 Å². The van der Waals surface area contributed by atoms with Crippen molar-refractivity contribution in [2.24, 2.45) is 10.9 Å². The molecule has 0 aromatic heterocycles. The highest BCUT2D eigenvalue weighted by Crippen LogP contribution is 2.25. The fraction of sp³-hybridized carbons (Fsp3) is 0.471. The standard InChI is InChI=1S/C17H23Cl2N/c1-5-17(4,11-7-8-13(2)3)20-12-14-15(18)9-6-10-16(14)19/h5-6,9-10,12-13H,1,7-8,11H2,2-4H3. The SMILES string of the molecule is C=CC(C)(CCCC(C)C)N=Cc1c(Cl)cccc1Cl. The molecule has 0 aliphatic carbocycles. The van der Waals surface area contributed by atoms with Gasteiger partial charge in [-0.15, -0.1) is 6.58 Å². The van der Waals surface area contributed by atoms with Crippen molar-refractivity contribution in [3.05, 3.63) is 46.5 Å². The lowest BCUT2D eigenvalue weighted by molar-refractivity contribution is 0.461. The topological polar surface area (TPSA) is 12.4 Å². The summed E-state index contributed by atoms with van der Waals surface area (Å²) in [6.45, 7) is 10.5. The maximum absolute atomic E-state index is 6.15. The van der Waals surface area contributed by atoms with Crippen LogP contribution in [-0.2, 0) is 0 Å². The molecule has 0 bridgehead atoms. The summed E-state index contributed by atoms with van der Waals surface area (Å²) in [7, 11) is 0. The molecule has 1 nitrogen and oxygen atoms in total. The van der Waals surface area contributed by atoms with E-state index >= 15 is 0 Å². The molecule has 1 rings (SSSR count). The molecule has 0 aliphatic rings. The van der Waals surface area contributed by atoms with Crippen LogP contribution in [0, 0.1) is 5.92 Å². The molecule has 1 aromatic rings. The summed E-state index contributed by atoms with van der Waals surface area (Å²) in [5.74, 6) is 0.714. The predicted octanol–water partition coefficient (Wildman–Crippen LogP) is 6.18. The average molecular weight is 312 g/mol. The van der Waals surface area contributed by atoms with Crippen molar-refractivity contribution in [3.63, 3.8) is 0 Å². The van der Waals surface area contributed by atoms with Crippen LogP contribution in [0.25, 0.3) is 0 Å². The molecule has 110 valence electrons. The Bertz CT molecular complexity index is 460. The Kier molecular flexibility index (Phi) is 6.78. The molecule has 0 heterocycles. The highest BCUT2D eigenvalue weighted by Gasteiger charge is 2.18. The normalized spacial score (nSPS) is 14.7. The van der Waals surface area contributed by atoms with Crippen LogP contribution in [0.15, 0.2) is 35.8 Å². The Morgan fingerprint density at radius 3 is 2.40 bits per heavy atom. The minimum absolute atomic E-state index is 0.266. The van der Waals surface area contributed by atoms with Crippen molar-refractivity contribution in [1.29, 1.82) is 0 Å². The van der Waals surface area contributed by atoms with Gasteiger partial charge in [0, 0.05) is 11.8 Å². The number of aliphatic imine (C=N–C) groups is 1. The van der Waals surface area contributed by atoms with E-state index in [1.807, 2.05) is 24.3 Å². The second-order valence-electron chi connectivity index (χ2n) is 5.74. The molecule has 0 amide bonds. The van der Waals surface area contributed by atoms with Gasteiger partial charge in [0.1, 0.15) is 0 Å². The predicted molar refractivity (Wildman–Crippen MR) is 91.3 cm³/mol. The molecule has 0 aliphatic heterocycles. The van der Waals surface area contributed by atoms with Crippen LogP contribution in [0.2, 0.25) is 10.0 Å². The first kappa shape index (κ1) is 17.3. The van der Waals surface area contributed by atoms with Crippen LogP contribution >= 0.6 is 23.2 Å². The quantitative estimate of drug-likeness (QED) is 0.421. The maximum atomic E-state index is 6.15. The summed E-state index contributed by atoms with van der Waals surface area (Å²) in [5.41, 5.74) is 0.505. The van der Waals surface area contributed by atoms with Crippen molar-refractivity contribution in [3.8, 4) is 0 Å². The van der Waals surface area contributed by atoms with Crippen molar-refractivity contribution < 1.29 is 0 Å². The first-order valence-electron chi connectivity index (χ1n) is 7.01. The second-order valence-corrected chi connectivity index (χ2v) is 6.56. The van der Waals surface area contributed by atoms with Crippen LogP contribution in [0.1, 0.15) is 45.6 Å². The molecule has 1 aromatic carbocycles. The number of hydrogen-bond acceptors (Lipinski definition) is 1. The molecular formula is C17H23Cl2N. The molecule has 1 unspecified atom stereocenters. The maximum Gasteiger partial charge on any atom is 0.0757 e. The summed E-state index contributed by atoms with van der Waals surface area (Å²) >= 11 is 12.3. The lowest BCUT2D eigenvalue weighted by atomic mass is 9.93. The molecule has 0 fully saturated rings. The fourth-order valence-electron chi connectivity index (χ4n) is 1.93. The van der Waals surface area contributed by atoms with E-state index in [2.05, 4.69) is 32.3 Å². The van der Waals surface area contributed by atoms with Crippen LogP contribution in [0.4, 0.5) is 0 Å². The monoisotopic (exact) mass is 311 g/mol. The third-order valence-electron chi connectivity index (χ3n) is 3.39. The lowest BCUT2D eigenvalue weighted by Gasteiger charge is -2.21. The zero-order valence-electron chi connectivity index (χ0n) is 12.5. The van der Waals surface area contributed by atoms with E-state index < -0.39 is 0 Å². The van der Waals surface area contributed by atoms with E-state index in [-0.39, 0.29) is 5.54 Å². The molecular weight excluding hydrogens is 289 g/mol. The first-order chi connectivity index (χ1) is 9.38. The molecule has 0 saturated carbocycles. The van der Waals surface area contributed by atoms with Gasteiger partial charge in [0.15, 0.2) is 0 Å². The number of benzene rings is 1. The Labute approximate surface area is 132 Å². The van der Waals surface area contributed by atoms with E-state index in [4.69, 9.17) is 23.2 Å². The van der Waals surface area contributed by atoms with Crippen LogP contribution in [-0.4, -0.2) is 11.8 Å². The van der Waals surface area contributed by atoms with Crippen LogP contribution < -0.4 is 0 Å². The third kappa shape index (κ3) is 5.30. The average Bonchev–Trinajstić information content (AvgIpc) is 2.37. The summed E-state index contributed by atoms with van der Waals surface area (Å²) < 4.78 is 0. The molecule has 0 N–H and O–H groups in total. The number of rotatable bonds is 7. The van der Waals surface area contributed by atoms with Crippen molar-refractivity contribution in [1.82, 2.24) is 0 Å². The molecule has 3 heteroatoms. The van der Waals surface area contributed by atoms with Gasteiger partial charge in [0.05, 0.1) is 15.6 Å². The Morgan fingerprint density at radius 2 is 1.90 bits per heavy atom. The van der Waals surface area contributed by atoms with Crippen molar-refractivity contribution in [2.45, 2.75) is 45.6 Å². The number of nitrogens with zero attached hydrogens (tertiary/aromatic N) is 1. The van der Waals surface area contributed by atoms with Gasteiger partial charge in [-0.2, -0.15) is 0 Å². The first-order valence-corrected chi connectivity index (χ1v) is 7.76. The summed E-state index contributed by atoms with van der Waals surface area (Å²) in [5, 5.41) is 1.24. The van der Waals surface area contributed by atoms with Gasteiger partial charge < -0.3 is 0 Å². The molecule has 1 atom stereocenters. The lowest BCUT2D eigenvalue weighted by Crippen LogP contribution is -2.18. The zero-order chi connectivity index (χ0) is 15.2. The van der Waals surface area contributed by atoms with Gasteiger partial charge in [-0.3, -0.25) is 4.99 Å². The largest absolute Gasteiger partial charge is 0.282 e. The van der Waals surface area contributed by atoms with E-state index in [9.17, 15) is 0 Å². The summed E-state index contributed by atoms with van der Waals surface area (Å²) in [6.07, 6.45) is 6.98. The Balaban J connectivity index is 2.81. The molecule has 0 spiro atoms. The molecule has 0 radical (unpaired) electrons. The van der Waals surface area contributed by atoms with Gasteiger partial charge in [0.25, 0.3) is 0 Å². The minimum atomic E-state index is -0.266. The van der Waals surface area contributed by atoms with E-state index in [0.717, 1.165) is 18.4 Å². The van der Waals surface area contributed by atoms with E-state index in [0.29, 0.717) is 16.0 Å². The number of halogens is 2. The van der Waals surface area contributed by atoms with Gasteiger partial charge in [-0.1, -0.05) is 62.0 Å².